The van der Waals surface area contributed by atoms with Gasteiger partial charge in [-0.1, -0.05) is 253 Å². The van der Waals surface area contributed by atoms with E-state index < -0.39 is 97.5 Å². The number of phosphoric ester groups is 2. The van der Waals surface area contributed by atoms with Crippen molar-refractivity contribution in [3.63, 3.8) is 0 Å². The Balaban J connectivity index is 5.11. The highest BCUT2D eigenvalue weighted by molar-refractivity contribution is 7.47. The van der Waals surface area contributed by atoms with E-state index in [1.165, 1.54) is 109 Å². The lowest BCUT2D eigenvalue weighted by atomic mass is 10.0. The molecule has 0 aromatic carbocycles. The number of ether oxygens (including phenoxy) is 4. The molecule has 0 rings (SSSR count). The Bertz CT molecular complexity index is 1600. The van der Waals surface area contributed by atoms with Crippen LogP contribution in [0.5, 0.6) is 0 Å². The molecule has 0 heterocycles. The van der Waals surface area contributed by atoms with Gasteiger partial charge in [0.15, 0.2) is 12.2 Å². The van der Waals surface area contributed by atoms with Crippen LogP contribution in [0, 0.1) is 11.8 Å². The van der Waals surface area contributed by atoms with Gasteiger partial charge in [-0.25, -0.2) is 9.13 Å². The summed E-state index contributed by atoms with van der Waals surface area (Å²) in [5, 5.41) is 10.5. The van der Waals surface area contributed by atoms with Gasteiger partial charge in [-0.2, -0.15) is 0 Å². The molecule has 2 unspecified atom stereocenters. The van der Waals surface area contributed by atoms with E-state index in [4.69, 9.17) is 37.0 Å². The number of carbonyl (C=O) groups is 4. The molecule has 480 valence electrons. The first kappa shape index (κ1) is 79.1. The number of esters is 4. The fourth-order valence-corrected chi connectivity index (χ4v) is 10.8. The standard InChI is InChI=1S/C62H120O17P2/c1-7-9-11-13-14-22-26-34-40-46-61(66)78-57(50-72-59(64)44-38-30-12-10-8-2)52-76-80(68,69)74-48-56(63)49-75-81(70,71)77-53-58(51-73-60(65)45-39-33-29-28-32-37-43-55(5)6)79-62(67)47-41-35-27-24-21-19-17-15-16-18-20-23-25-31-36-42-54(3)4/h54-58,63H,7-53H2,1-6H3,(H,68,69)(H,70,71)/t56-,57+,58+/m0/s1. The third-order valence-electron chi connectivity index (χ3n) is 14.2. The first-order valence-electron chi connectivity index (χ1n) is 32.5. The summed E-state index contributed by atoms with van der Waals surface area (Å²) in [6.45, 7) is 9.32. The Morgan fingerprint density at radius 3 is 0.840 bits per heavy atom. The minimum Gasteiger partial charge on any atom is -0.462 e. The lowest BCUT2D eigenvalue weighted by Crippen LogP contribution is -2.30. The quantitative estimate of drug-likeness (QED) is 0.0222. The summed E-state index contributed by atoms with van der Waals surface area (Å²) in [5.74, 6) is -0.669. The SMILES string of the molecule is CCCCCCCCCCCC(=O)O[C@H](COC(=O)CCCCCCC)COP(=O)(O)OC[C@H](O)COP(=O)(O)OC[C@@H](COC(=O)CCCCCCCCC(C)C)OC(=O)CCCCCCCCCCCCCCCCCC(C)C. The van der Waals surface area contributed by atoms with Crippen LogP contribution in [0.4, 0.5) is 0 Å². The molecule has 0 radical (unpaired) electrons. The summed E-state index contributed by atoms with van der Waals surface area (Å²) in [6, 6.07) is 0. The number of unbranched alkanes of at least 4 members (excludes halogenated alkanes) is 31. The van der Waals surface area contributed by atoms with Gasteiger partial charge in [0.05, 0.1) is 26.4 Å². The van der Waals surface area contributed by atoms with Gasteiger partial charge < -0.3 is 33.8 Å². The lowest BCUT2D eigenvalue weighted by molar-refractivity contribution is -0.161. The van der Waals surface area contributed by atoms with Crippen LogP contribution >= 0.6 is 15.6 Å². The molecule has 0 amide bonds. The minimum absolute atomic E-state index is 0.104. The van der Waals surface area contributed by atoms with E-state index in [-0.39, 0.29) is 25.7 Å². The van der Waals surface area contributed by atoms with Crippen LogP contribution in [0.2, 0.25) is 0 Å². The second-order valence-electron chi connectivity index (χ2n) is 23.4. The van der Waals surface area contributed by atoms with Gasteiger partial charge in [0.25, 0.3) is 0 Å². The molecule has 0 saturated heterocycles. The Labute approximate surface area is 492 Å². The van der Waals surface area contributed by atoms with Crippen molar-refractivity contribution in [2.24, 2.45) is 11.8 Å². The number of aliphatic hydroxyl groups excluding tert-OH is 1. The summed E-state index contributed by atoms with van der Waals surface area (Å²) in [6.07, 6.45) is 36.8. The predicted molar refractivity (Wildman–Crippen MR) is 321 cm³/mol. The van der Waals surface area contributed by atoms with Gasteiger partial charge in [-0.05, 0) is 37.5 Å². The van der Waals surface area contributed by atoms with Crippen LogP contribution in [0.3, 0.4) is 0 Å². The van der Waals surface area contributed by atoms with Crippen molar-refractivity contribution in [2.45, 2.75) is 323 Å². The van der Waals surface area contributed by atoms with E-state index in [0.717, 1.165) is 109 Å². The van der Waals surface area contributed by atoms with Crippen molar-refractivity contribution in [2.75, 3.05) is 39.6 Å². The molecule has 0 fully saturated rings. The lowest BCUT2D eigenvalue weighted by Gasteiger charge is -2.21. The molecule has 19 heteroatoms. The average molecular weight is 1200 g/mol. The van der Waals surface area contributed by atoms with E-state index in [1.807, 2.05) is 0 Å². The predicted octanol–water partition coefficient (Wildman–Crippen LogP) is 16.9. The Morgan fingerprint density at radius 1 is 0.333 bits per heavy atom. The van der Waals surface area contributed by atoms with Crippen molar-refractivity contribution >= 4 is 39.5 Å². The third-order valence-corrected chi connectivity index (χ3v) is 16.1. The summed E-state index contributed by atoms with van der Waals surface area (Å²) < 4.78 is 67.6. The maximum atomic E-state index is 12.9. The van der Waals surface area contributed by atoms with Gasteiger partial charge in [0, 0.05) is 25.7 Å². The minimum atomic E-state index is -4.94. The molecule has 0 aliphatic heterocycles. The summed E-state index contributed by atoms with van der Waals surface area (Å²) in [4.78, 5) is 71.8. The Morgan fingerprint density at radius 2 is 0.568 bits per heavy atom. The van der Waals surface area contributed by atoms with Gasteiger partial charge >= 0.3 is 39.5 Å². The molecular weight excluding hydrogens is 1080 g/mol. The Kier molecular flexibility index (Phi) is 53.4. The zero-order valence-electron chi connectivity index (χ0n) is 52.1. The molecule has 0 aromatic heterocycles. The van der Waals surface area contributed by atoms with Crippen LogP contribution in [-0.2, 0) is 65.4 Å². The molecule has 81 heavy (non-hydrogen) atoms. The monoisotopic (exact) mass is 1200 g/mol. The third kappa shape index (κ3) is 56.9. The zero-order chi connectivity index (χ0) is 60.1. The van der Waals surface area contributed by atoms with Crippen molar-refractivity contribution < 1.29 is 80.2 Å². The maximum Gasteiger partial charge on any atom is 0.472 e. The molecular formula is C62H120O17P2. The molecule has 0 spiro atoms. The molecule has 0 aliphatic rings. The van der Waals surface area contributed by atoms with Crippen LogP contribution in [0.15, 0.2) is 0 Å². The van der Waals surface area contributed by atoms with Crippen molar-refractivity contribution in [1.29, 1.82) is 0 Å². The summed E-state index contributed by atoms with van der Waals surface area (Å²) in [7, 11) is -9.87. The van der Waals surface area contributed by atoms with E-state index in [2.05, 4.69) is 41.5 Å². The van der Waals surface area contributed by atoms with E-state index in [1.54, 1.807) is 0 Å². The van der Waals surface area contributed by atoms with Gasteiger partial charge in [-0.15, -0.1) is 0 Å². The fraction of sp³-hybridized carbons (Fsp3) is 0.935. The molecule has 0 saturated carbocycles. The van der Waals surface area contributed by atoms with E-state index in [0.29, 0.717) is 31.6 Å². The second kappa shape index (κ2) is 54.7. The number of phosphoric acid groups is 2. The fourth-order valence-electron chi connectivity index (χ4n) is 9.18. The van der Waals surface area contributed by atoms with Crippen LogP contribution in [0.1, 0.15) is 305 Å². The highest BCUT2D eigenvalue weighted by Crippen LogP contribution is 2.45. The van der Waals surface area contributed by atoms with Gasteiger partial charge in [0.2, 0.25) is 0 Å². The normalized spacial score (nSPS) is 14.4. The second-order valence-corrected chi connectivity index (χ2v) is 26.3. The number of aliphatic hydroxyl groups is 1. The number of carbonyl (C=O) groups excluding carboxylic acids is 4. The number of rotatable bonds is 61. The molecule has 3 N–H and O–H groups in total. The highest BCUT2D eigenvalue weighted by atomic mass is 31.2. The van der Waals surface area contributed by atoms with Gasteiger partial charge in [-0.3, -0.25) is 37.3 Å². The number of hydrogen-bond acceptors (Lipinski definition) is 15. The highest BCUT2D eigenvalue weighted by Gasteiger charge is 2.30. The largest absolute Gasteiger partial charge is 0.472 e. The van der Waals surface area contributed by atoms with E-state index >= 15 is 0 Å². The van der Waals surface area contributed by atoms with Crippen LogP contribution in [0.25, 0.3) is 0 Å². The van der Waals surface area contributed by atoms with Crippen LogP contribution < -0.4 is 0 Å². The molecule has 0 aliphatic carbocycles. The Hall–Kier alpha value is -1.94. The topological polar surface area (TPSA) is 237 Å². The van der Waals surface area contributed by atoms with Crippen molar-refractivity contribution in [3.8, 4) is 0 Å². The molecule has 0 aromatic rings. The number of hydrogen-bond donors (Lipinski definition) is 3. The smallest absolute Gasteiger partial charge is 0.462 e. The molecule has 0 bridgehead atoms. The first-order chi connectivity index (χ1) is 38.9. The summed E-state index contributed by atoms with van der Waals surface area (Å²) in [5.41, 5.74) is 0. The first-order valence-corrected chi connectivity index (χ1v) is 35.5. The van der Waals surface area contributed by atoms with Crippen LogP contribution in [-0.4, -0.2) is 96.7 Å². The van der Waals surface area contributed by atoms with E-state index in [9.17, 15) is 43.2 Å². The molecule has 17 nitrogen and oxygen atoms in total. The zero-order valence-corrected chi connectivity index (χ0v) is 53.9. The average Bonchev–Trinajstić information content (AvgIpc) is 3.42. The molecule has 5 atom stereocenters. The van der Waals surface area contributed by atoms with Gasteiger partial charge in [0.1, 0.15) is 19.3 Å². The van der Waals surface area contributed by atoms with Crippen molar-refractivity contribution in [1.82, 2.24) is 0 Å². The summed E-state index contributed by atoms with van der Waals surface area (Å²) >= 11 is 0. The van der Waals surface area contributed by atoms with Crippen molar-refractivity contribution in [3.05, 3.63) is 0 Å². The maximum absolute atomic E-state index is 12.9.